The minimum absolute atomic E-state index is 0.117. The molecule has 1 aliphatic heterocycles. The molecule has 0 radical (unpaired) electrons. The molecule has 6 nitrogen and oxygen atoms in total. The molecule has 1 spiro atoms. The number of aliphatic hydroxyl groups is 1. The lowest BCUT2D eigenvalue weighted by molar-refractivity contribution is -0.197. The average Bonchev–Trinajstić information content (AvgIpc) is 2.93. The SMILES string of the molecule is Cc1ccc(S(=O)(=O)O[C@@H]2C[C@H](O)C[C@H]3OC4(CCCCC4)O[C@H]32)cc1. The molecule has 0 unspecified atom stereocenters. The third kappa shape index (κ3) is 3.55. The fourth-order valence-corrected chi connectivity index (χ4v) is 5.40. The van der Waals surface area contributed by atoms with Crippen molar-refractivity contribution in [2.45, 2.75) is 87.0 Å². The summed E-state index contributed by atoms with van der Waals surface area (Å²) < 4.78 is 43.3. The van der Waals surface area contributed by atoms with Crippen molar-refractivity contribution in [3.05, 3.63) is 29.8 Å². The molecule has 3 aliphatic rings. The minimum Gasteiger partial charge on any atom is -0.393 e. The molecule has 144 valence electrons. The van der Waals surface area contributed by atoms with Crippen LogP contribution in [-0.2, 0) is 23.8 Å². The molecular formula is C19H26O6S. The molecule has 0 amide bonds. The highest BCUT2D eigenvalue weighted by atomic mass is 32.2. The Kier molecular flexibility index (Phi) is 4.86. The van der Waals surface area contributed by atoms with Gasteiger partial charge in [-0.25, -0.2) is 0 Å². The molecule has 2 saturated carbocycles. The van der Waals surface area contributed by atoms with E-state index < -0.39 is 34.2 Å². The van der Waals surface area contributed by atoms with E-state index in [0.29, 0.717) is 6.42 Å². The van der Waals surface area contributed by atoms with Gasteiger partial charge in [0.05, 0.1) is 17.1 Å². The molecule has 0 aromatic heterocycles. The normalized spacial score (nSPS) is 33.9. The molecule has 1 aromatic carbocycles. The van der Waals surface area contributed by atoms with Crippen molar-refractivity contribution in [2.24, 2.45) is 0 Å². The van der Waals surface area contributed by atoms with Crippen LogP contribution >= 0.6 is 0 Å². The van der Waals surface area contributed by atoms with E-state index >= 15 is 0 Å². The fourth-order valence-electron chi connectivity index (χ4n) is 4.30. The monoisotopic (exact) mass is 382 g/mol. The lowest BCUT2D eigenvalue weighted by Gasteiger charge is -2.33. The van der Waals surface area contributed by atoms with Crippen molar-refractivity contribution in [1.29, 1.82) is 0 Å². The minimum atomic E-state index is -3.93. The Morgan fingerprint density at radius 2 is 1.77 bits per heavy atom. The number of hydrogen-bond donors (Lipinski definition) is 1. The molecule has 4 rings (SSSR count). The smallest absolute Gasteiger partial charge is 0.297 e. The summed E-state index contributed by atoms with van der Waals surface area (Å²) in [7, 11) is -3.93. The zero-order chi connectivity index (χ0) is 18.4. The molecule has 7 heteroatoms. The van der Waals surface area contributed by atoms with Gasteiger partial charge in [0, 0.05) is 25.7 Å². The van der Waals surface area contributed by atoms with Crippen LogP contribution in [0.2, 0.25) is 0 Å². The van der Waals surface area contributed by atoms with Crippen LogP contribution in [0.5, 0.6) is 0 Å². The zero-order valence-corrected chi connectivity index (χ0v) is 15.8. The molecular weight excluding hydrogens is 356 g/mol. The lowest BCUT2D eigenvalue weighted by atomic mass is 9.90. The Bertz CT molecular complexity index is 738. The maximum Gasteiger partial charge on any atom is 0.297 e. The van der Waals surface area contributed by atoms with Crippen molar-refractivity contribution in [3.63, 3.8) is 0 Å². The second kappa shape index (κ2) is 6.87. The van der Waals surface area contributed by atoms with Gasteiger partial charge in [-0.2, -0.15) is 8.42 Å². The van der Waals surface area contributed by atoms with E-state index in [1.54, 1.807) is 12.1 Å². The molecule has 1 N–H and O–H groups in total. The van der Waals surface area contributed by atoms with E-state index in [-0.39, 0.29) is 17.4 Å². The largest absolute Gasteiger partial charge is 0.393 e. The number of rotatable bonds is 3. The van der Waals surface area contributed by atoms with Crippen LogP contribution in [0.25, 0.3) is 0 Å². The second-order valence-electron chi connectivity index (χ2n) is 7.74. The predicted octanol–water partition coefficient (Wildman–Crippen LogP) is 2.67. The highest BCUT2D eigenvalue weighted by Gasteiger charge is 2.54. The van der Waals surface area contributed by atoms with Crippen molar-refractivity contribution in [3.8, 4) is 0 Å². The van der Waals surface area contributed by atoms with E-state index in [0.717, 1.165) is 37.7 Å². The van der Waals surface area contributed by atoms with Gasteiger partial charge in [0.1, 0.15) is 12.2 Å². The summed E-state index contributed by atoms with van der Waals surface area (Å²) in [4.78, 5) is 0.117. The summed E-state index contributed by atoms with van der Waals surface area (Å²) in [6, 6.07) is 6.55. The maximum atomic E-state index is 12.7. The number of fused-ring (bicyclic) bond motifs is 1. The van der Waals surface area contributed by atoms with Crippen LogP contribution in [0.4, 0.5) is 0 Å². The van der Waals surface area contributed by atoms with Gasteiger partial charge in [-0.1, -0.05) is 24.1 Å². The van der Waals surface area contributed by atoms with Crippen LogP contribution in [-0.4, -0.2) is 43.7 Å². The Morgan fingerprint density at radius 3 is 2.46 bits per heavy atom. The Morgan fingerprint density at radius 1 is 1.08 bits per heavy atom. The van der Waals surface area contributed by atoms with Gasteiger partial charge in [-0.3, -0.25) is 4.18 Å². The summed E-state index contributed by atoms with van der Waals surface area (Å²) in [5.74, 6) is -0.632. The molecule has 26 heavy (non-hydrogen) atoms. The number of ether oxygens (including phenoxy) is 2. The first-order valence-corrected chi connectivity index (χ1v) is 10.8. The average molecular weight is 382 g/mol. The molecule has 4 atom stereocenters. The van der Waals surface area contributed by atoms with Crippen molar-refractivity contribution >= 4 is 10.1 Å². The predicted molar refractivity (Wildman–Crippen MR) is 94.0 cm³/mol. The van der Waals surface area contributed by atoms with Crippen LogP contribution in [0.15, 0.2) is 29.2 Å². The van der Waals surface area contributed by atoms with Gasteiger partial charge in [0.15, 0.2) is 5.79 Å². The van der Waals surface area contributed by atoms with Crippen LogP contribution in [0, 0.1) is 6.92 Å². The van der Waals surface area contributed by atoms with Crippen LogP contribution in [0.1, 0.15) is 50.5 Å². The highest BCUT2D eigenvalue weighted by molar-refractivity contribution is 7.86. The number of aliphatic hydroxyl groups excluding tert-OH is 1. The van der Waals surface area contributed by atoms with Gasteiger partial charge >= 0.3 is 0 Å². The molecule has 1 saturated heterocycles. The van der Waals surface area contributed by atoms with Crippen LogP contribution < -0.4 is 0 Å². The molecule has 3 fully saturated rings. The molecule has 1 heterocycles. The Labute approximate surface area is 154 Å². The quantitative estimate of drug-likeness (QED) is 0.810. The summed E-state index contributed by atoms with van der Waals surface area (Å²) in [6.45, 7) is 1.90. The van der Waals surface area contributed by atoms with E-state index in [2.05, 4.69) is 0 Å². The van der Waals surface area contributed by atoms with E-state index in [1.165, 1.54) is 12.1 Å². The Hall–Kier alpha value is -0.990. The first-order chi connectivity index (χ1) is 12.4. The number of aryl methyl sites for hydroxylation is 1. The van der Waals surface area contributed by atoms with Crippen LogP contribution in [0.3, 0.4) is 0 Å². The van der Waals surface area contributed by atoms with E-state index in [4.69, 9.17) is 13.7 Å². The summed E-state index contributed by atoms with van der Waals surface area (Å²) in [5.41, 5.74) is 0.976. The second-order valence-corrected chi connectivity index (χ2v) is 9.31. The molecule has 2 aliphatic carbocycles. The fraction of sp³-hybridized carbons (Fsp3) is 0.684. The summed E-state index contributed by atoms with van der Waals surface area (Å²) in [5, 5.41) is 10.2. The van der Waals surface area contributed by atoms with E-state index in [1.807, 2.05) is 6.92 Å². The van der Waals surface area contributed by atoms with Gasteiger partial charge < -0.3 is 14.6 Å². The van der Waals surface area contributed by atoms with Gasteiger partial charge in [0.2, 0.25) is 0 Å². The Balaban J connectivity index is 1.54. The molecule has 0 bridgehead atoms. The van der Waals surface area contributed by atoms with Crippen molar-refractivity contribution in [1.82, 2.24) is 0 Å². The summed E-state index contributed by atoms with van der Waals surface area (Å²) >= 11 is 0. The topological polar surface area (TPSA) is 82.1 Å². The van der Waals surface area contributed by atoms with Crippen molar-refractivity contribution < 1.29 is 27.2 Å². The van der Waals surface area contributed by atoms with E-state index in [9.17, 15) is 13.5 Å². The lowest BCUT2D eigenvalue weighted by Crippen LogP contribution is -2.46. The molecule has 1 aromatic rings. The highest BCUT2D eigenvalue weighted by Crippen LogP contribution is 2.45. The van der Waals surface area contributed by atoms with Gasteiger partial charge in [0.25, 0.3) is 10.1 Å². The number of hydrogen-bond acceptors (Lipinski definition) is 6. The van der Waals surface area contributed by atoms with Crippen molar-refractivity contribution in [2.75, 3.05) is 0 Å². The van der Waals surface area contributed by atoms with Gasteiger partial charge in [-0.15, -0.1) is 0 Å². The standard InChI is InChI=1S/C19H26O6S/c1-13-5-7-15(8-6-13)26(21,22)25-17-12-14(20)11-16-18(17)24-19(23-16)9-3-2-4-10-19/h5-8,14,16-18,20H,2-4,9-12H2,1H3/t14-,16-,17-,18-/m1/s1. The third-order valence-corrected chi connectivity index (χ3v) is 6.98. The van der Waals surface area contributed by atoms with Gasteiger partial charge in [-0.05, 0) is 31.9 Å². The number of benzene rings is 1. The summed E-state index contributed by atoms with van der Waals surface area (Å²) in [6.07, 6.45) is 3.36. The first kappa shape index (κ1) is 18.4. The third-order valence-electron chi connectivity index (χ3n) is 5.63. The first-order valence-electron chi connectivity index (χ1n) is 9.41. The zero-order valence-electron chi connectivity index (χ0n) is 15.0. The maximum absolute atomic E-state index is 12.7.